The highest BCUT2D eigenvalue weighted by molar-refractivity contribution is 4.95. The van der Waals surface area contributed by atoms with E-state index in [0.29, 0.717) is 5.41 Å². The normalized spacial score (nSPS) is 36.3. The molecule has 2 rings (SSSR count). The number of rotatable bonds is 1. The third-order valence-corrected chi connectivity index (χ3v) is 2.78. The average Bonchev–Trinajstić information content (AvgIpc) is 2.72. The van der Waals surface area contributed by atoms with E-state index in [1.165, 1.54) is 19.3 Å². The van der Waals surface area contributed by atoms with E-state index < -0.39 is 0 Å². The molecule has 1 aliphatic heterocycles. The van der Waals surface area contributed by atoms with Crippen LogP contribution >= 0.6 is 0 Å². The van der Waals surface area contributed by atoms with Gasteiger partial charge in [0, 0.05) is 0 Å². The molecule has 1 saturated carbocycles. The highest BCUT2D eigenvalue weighted by Gasteiger charge is 2.45. The van der Waals surface area contributed by atoms with Gasteiger partial charge >= 0.3 is 0 Å². The molecule has 1 saturated heterocycles. The van der Waals surface area contributed by atoms with Crippen LogP contribution in [0.25, 0.3) is 0 Å². The molecular formula is C8H14O2. The van der Waals surface area contributed by atoms with Gasteiger partial charge in [-0.3, -0.25) is 0 Å². The van der Waals surface area contributed by atoms with Crippen molar-refractivity contribution in [1.82, 2.24) is 0 Å². The number of aliphatic hydroxyl groups is 1. The summed E-state index contributed by atoms with van der Waals surface area (Å²) < 4.78 is 5.45. The first-order chi connectivity index (χ1) is 4.85. The number of aliphatic hydroxyl groups excluding tert-OH is 1. The van der Waals surface area contributed by atoms with Crippen molar-refractivity contribution in [2.45, 2.75) is 31.8 Å². The Labute approximate surface area is 61.2 Å². The van der Waals surface area contributed by atoms with Gasteiger partial charge in [0.2, 0.25) is 0 Å². The highest BCUT2D eigenvalue weighted by Crippen LogP contribution is 2.52. The second-order valence-corrected chi connectivity index (χ2v) is 3.65. The molecule has 2 aliphatic rings. The van der Waals surface area contributed by atoms with Crippen molar-refractivity contribution >= 4 is 0 Å². The van der Waals surface area contributed by atoms with Crippen LogP contribution in [0.15, 0.2) is 0 Å². The van der Waals surface area contributed by atoms with Crippen LogP contribution in [0.5, 0.6) is 0 Å². The van der Waals surface area contributed by atoms with Gasteiger partial charge in [-0.2, -0.15) is 0 Å². The van der Waals surface area contributed by atoms with Gasteiger partial charge in [-0.1, -0.05) is 0 Å². The zero-order chi connectivity index (χ0) is 7.03. The van der Waals surface area contributed by atoms with Crippen LogP contribution < -0.4 is 0 Å². The van der Waals surface area contributed by atoms with Crippen molar-refractivity contribution in [2.75, 3.05) is 13.2 Å². The van der Waals surface area contributed by atoms with Crippen molar-refractivity contribution in [2.24, 2.45) is 5.41 Å². The summed E-state index contributed by atoms with van der Waals surface area (Å²) in [5, 5.41) is 8.76. The quantitative estimate of drug-likeness (QED) is 0.590. The molecule has 1 spiro atoms. The first-order valence-corrected chi connectivity index (χ1v) is 4.07. The van der Waals surface area contributed by atoms with Crippen molar-refractivity contribution in [3.63, 3.8) is 0 Å². The third-order valence-electron chi connectivity index (χ3n) is 2.78. The molecule has 0 radical (unpaired) electrons. The van der Waals surface area contributed by atoms with E-state index in [0.717, 1.165) is 13.0 Å². The molecule has 0 aromatic carbocycles. The maximum atomic E-state index is 8.76. The Hall–Kier alpha value is -0.0800. The molecule has 1 N–H and O–H groups in total. The van der Waals surface area contributed by atoms with Gasteiger partial charge in [0.15, 0.2) is 0 Å². The Kier molecular flexibility index (Phi) is 1.46. The smallest absolute Gasteiger partial charge is 0.0806 e. The van der Waals surface area contributed by atoms with Gasteiger partial charge in [-0.25, -0.2) is 0 Å². The van der Waals surface area contributed by atoms with Gasteiger partial charge in [-0.05, 0) is 31.1 Å². The van der Waals surface area contributed by atoms with Crippen LogP contribution in [-0.4, -0.2) is 24.4 Å². The molecule has 0 unspecified atom stereocenters. The minimum absolute atomic E-state index is 0.145. The molecule has 2 nitrogen and oxygen atoms in total. The molecule has 0 aromatic rings. The lowest BCUT2D eigenvalue weighted by Crippen LogP contribution is -2.29. The zero-order valence-electron chi connectivity index (χ0n) is 6.18. The maximum absolute atomic E-state index is 8.76. The summed E-state index contributed by atoms with van der Waals surface area (Å²) in [5.41, 5.74) is 0.575. The lowest BCUT2D eigenvalue weighted by atomic mass is 9.96. The lowest BCUT2D eigenvalue weighted by molar-refractivity contribution is -0.0501. The summed E-state index contributed by atoms with van der Waals surface area (Å²) in [5.74, 6) is 0. The Morgan fingerprint density at radius 3 is 2.60 bits per heavy atom. The number of hydrogen-bond acceptors (Lipinski definition) is 2. The minimum Gasteiger partial charge on any atom is -0.394 e. The van der Waals surface area contributed by atoms with Crippen LogP contribution in [-0.2, 0) is 4.74 Å². The largest absolute Gasteiger partial charge is 0.394 e. The molecule has 2 heteroatoms. The summed E-state index contributed by atoms with van der Waals surface area (Å²) in [4.78, 5) is 0. The van der Waals surface area contributed by atoms with Gasteiger partial charge in [0.1, 0.15) is 0 Å². The fourth-order valence-electron chi connectivity index (χ4n) is 1.63. The fourth-order valence-corrected chi connectivity index (χ4v) is 1.63. The first-order valence-electron chi connectivity index (χ1n) is 4.07. The minimum atomic E-state index is 0.145. The molecular weight excluding hydrogens is 128 g/mol. The van der Waals surface area contributed by atoms with E-state index in [4.69, 9.17) is 9.84 Å². The molecule has 10 heavy (non-hydrogen) atoms. The van der Waals surface area contributed by atoms with Crippen molar-refractivity contribution < 1.29 is 9.84 Å². The second-order valence-electron chi connectivity index (χ2n) is 3.65. The predicted molar refractivity (Wildman–Crippen MR) is 37.7 cm³/mol. The zero-order valence-corrected chi connectivity index (χ0v) is 6.18. The van der Waals surface area contributed by atoms with E-state index in [2.05, 4.69) is 0 Å². The van der Waals surface area contributed by atoms with Crippen LogP contribution in [0.1, 0.15) is 25.7 Å². The Morgan fingerprint density at radius 1 is 1.40 bits per heavy atom. The van der Waals surface area contributed by atoms with Crippen LogP contribution in [0.2, 0.25) is 0 Å². The van der Waals surface area contributed by atoms with E-state index in [1.54, 1.807) is 0 Å². The molecule has 0 amide bonds. The summed E-state index contributed by atoms with van der Waals surface area (Å²) in [6.07, 6.45) is 5.19. The Morgan fingerprint density at radius 2 is 2.20 bits per heavy atom. The van der Waals surface area contributed by atoms with Gasteiger partial charge in [0.05, 0.1) is 19.3 Å². The van der Waals surface area contributed by atoms with E-state index in [9.17, 15) is 0 Å². The molecule has 2 fully saturated rings. The molecule has 0 bridgehead atoms. The molecule has 58 valence electrons. The van der Waals surface area contributed by atoms with Gasteiger partial charge in [0.25, 0.3) is 0 Å². The molecule has 1 aliphatic carbocycles. The fraction of sp³-hybridized carbons (Fsp3) is 1.00. The molecule has 0 aromatic heterocycles. The summed E-state index contributed by atoms with van der Waals surface area (Å²) in [7, 11) is 0. The summed E-state index contributed by atoms with van der Waals surface area (Å²) in [6, 6.07) is 0. The monoisotopic (exact) mass is 142 g/mol. The summed E-state index contributed by atoms with van der Waals surface area (Å²) >= 11 is 0. The Balaban J connectivity index is 1.84. The highest BCUT2D eigenvalue weighted by atomic mass is 16.5. The topological polar surface area (TPSA) is 29.5 Å². The predicted octanol–water partition coefficient (Wildman–Crippen LogP) is 0.938. The van der Waals surface area contributed by atoms with Gasteiger partial charge < -0.3 is 9.84 Å². The SMILES string of the molecule is OC[C@@H]1CCC2(CC2)CO1. The second kappa shape index (κ2) is 2.21. The summed E-state index contributed by atoms with van der Waals surface area (Å²) in [6.45, 7) is 1.11. The average molecular weight is 142 g/mol. The number of hydrogen-bond donors (Lipinski definition) is 1. The van der Waals surface area contributed by atoms with Crippen LogP contribution in [0.3, 0.4) is 0 Å². The van der Waals surface area contributed by atoms with Crippen molar-refractivity contribution in [1.29, 1.82) is 0 Å². The van der Waals surface area contributed by atoms with Crippen molar-refractivity contribution in [3.05, 3.63) is 0 Å². The standard InChI is InChI=1S/C8H14O2/c9-5-7-1-2-8(3-4-8)6-10-7/h7,9H,1-6H2/t7-/m0/s1. The third kappa shape index (κ3) is 1.06. The first kappa shape index (κ1) is 6.62. The lowest BCUT2D eigenvalue weighted by Gasteiger charge is -2.27. The van der Waals surface area contributed by atoms with Gasteiger partial charge in [-0.15, -0.1) is 0 Å². The van der Waals surface area contributed by atoms with E-state index in [-0.39, 0.29) is 12.7 Å². The van der Waals surface area contributed by atoms with E-state index in [1.807, 2.05) is 0 Å². The van der Waals surface area contributed by atoms with Crippen molar-refractivity contribution in [3.8, 4) is 0 Å². The Bertz CT molecular complexity index is 119. The molecule has 1 atom stereocenters. The van der Waals surface area contributed by atoms with E-state index >= 15 is 0 Å². The maximum Gasteiger partial charge on any atom is 0.0806 e. The number of ether oxygens (including phenoxy) is 1. The van der Waals surface area contributed by atoms with Crippen LogP contribution in [0.4, 0.5) is 0 Å². The molecule has 1 heterocycles. The van der Waals surface area contributed by atoms with Crippen LogP contribution in [0, 0.1) is 5.41 Å².